The Labute approximate surface area is 180 Å². The Bertz CT molecular complexity index is 1250. The number of aliphatic carboxylic acids is 1. The van der Waals surface area contributed by atoms with Gasteiger partial charge in [0.25, 0.3) is 0 Å². The summed E-state index contributed by atoms with van der Waals surface area (Å²) in [6.07, 6.45) is 2.46. The van der Waals surface area contributed by atoms with Crippen LogP contribution in [-0.4, -0.2) is 53.1 Å². The minimum absolute atomic E-state index is 0.0209. The van der Waals surface area contributed by atoms with Crippen molar-refractivity contribution in [1.82, 2.24) is 14.2 Å². The summed E-state index contributed by atoms with van der Waals surface area (Å²) >= 11 is 0. The summed E-state index contributed by atoms with van der Waals surface area (Å²) in [5, 5.41) is 12.0. The van der Waals surface area contributed by atoms with Gasteiger partial charge in [-0.3, -0.25) is 9.59 Å². The first kappa shape index (κ1) is 21.1. The number of carboxylic acid groups (broad SMARTS) is 1. The lowest BCUT2D eigenvalue weighted by Crippen LogP contribution is -2.31. The lowest BCUT2D eigenvalue weighted by molar-refractivity contribution is -0.138. The van der Waals surface area contributed by atoms with Crippen molar-refractivity contribution in [1.29, 1.82) is 0 Å². The molecule has 1 aromatic heterocycles. The van der Waals surface area contributed by atoms with E-state index in [4.69, 9.17) is 5.11 Å². The van der Waals surface area contributed by atoms with Crippen LogP contribution in [-0.2, 0) is 32.7 Å². The Morgan fingerprint density at radius 3 is 2.61 bits per heavy atom. The van der Waals surface area contributed by atoms with E-state index in [-0.39, 0.29) is 18.2 Å². The zero-order chi connectivity index (χ0) is 22.0. The number of sulfonamides is 1. The number of hydrogen-bond donors (Lipinski definition) is 2. The maximum Gasteiger partial charge on any atom is 0.322 e. The summed E-state index contributed by atoms with van der Waals surface area (Å²) in [6.45, 7) is 0.518. The Morgan fingerprint density at radius 1 is 1.06 bits per heavy atom. The normalized spacial score (nSPS) is 15.9. The average molecular weight is 442 g/mol. The molecule has 1 fully saturated rings. The molecule has 1 amide bonds. The summed E-state index contributed by atoms with van der Waals surface area (Å²) in [5.41, 5.74) is 3.69. The molecule has 2 N–H and O–H groups in total. The third kappa shape index (κ3) is 4.78. The van der Waals surface area contributed by atoms with Gasteiger partial charge in [-0.2, -0.15) is 4.31 Å². The number of hydrogen-bond acceptors (Lipinski definition) is 4. The molecule has 1 aliphatic heterocycles. The molecule has 0 spiro atoms. The van der Waals surface area contributed by atoms with E-state index in [9.17, 15) is 18.0 Å². The van der Waals surface area contributed by atoms with Gasteiger partial charge in [0.05, 0.1) is 5.75 Å². The number of amides is 1. The number of rotatable bonds is 7. The van der Waals surface area contributed by atoms with Crippen molar-refractivity contribution < 1.29 is 23.1 Å². The molecule has 162 valence electrons. The molecule has 2 aromatic carbocycles. The Balaban J connectivity index is 1.57. The van der Waals surface area contributed by atoms with Crippen molar-refractivity contribution in [3.8, 4) is 11.1 Å². The number of fused-ring (bicyclic) bond motifs is 1. The van der Waals surface area contributed by atoms with Gasteiger partial charge in [-0.25, -0.2) is 8.42 Å². The molecule has 9 heteroatoms. The van der Waals surface area contributed by atoms with Crippen LogP contribution in [0.15, 0.2) is 54.7 Å². The third-order valence-electron chi connectivity index (χ3n) is 5.35. The third-order valence-corrected chi connectivity index (χ3v) is 7.25. The van der Waals surface area contributed by atoms with Gasteiger partial charge in [0, 0.05) is 24.8 Å². The van der Waals surface area contributed by atoms with Crippen molar-refractivity contribution in [2.45, 2.75) is 19.5 Å². The predicted octanol–water partition coefficient (Wildman–Crippen LogP) is 2.04. The van der Waals surface area contributed by atoms with Crippen molar-refractivity contribution in [2.75, 3.05) is 18.8 Å². The van der Waals surface area contributed by atoms with Gasteiger partial charge in [0.1, 0.15) is 13.1 Å². The number of nitrogens with one attached hydrogen (secondary N) is 1. The van der Waals surface area contributed by atoms with E-state index in [1.165, 1.54) is 4.31 Å². The second-order valence-electron chi connectivity index (χ2n) is 7.59. The summed E-state index contributed by atoms with van der Waals surface area (Å²) in [6, 6.07) is 15.6. The van der Waals surface area contributed by atoms with Crippen LogP contribution in [0.25, 0.3) is 22.0 Å². The molecular weight excluding hydrogens is 418 g/mol. The smallest absolute Gasteiger partial charge is 0.322 e. The van der Waals surface area contributed by atoms with Gasteiger partial charge in [0.15, 0.2) is 0 Å². The lowest BCUT2D eigenvalue weighted by Gasteiger charge is -2.15. The van der Waals surface area contributed by atoms with Gasteiger partial charge in [-0.05, 0) is 46.7 Å². The van der Waals surface area contributed by atoms with Crippen LogP contribution < -0.4 is 5.32 Å². The van der Waals surface area contributed by atoms with Crippen molar-refractivity contribution in [2.24, 2.45) is 0 Å². The van der Waals surface area contributed by atoms with E-state index in [0.717, 1.165) is 27.6 Å². The van der Waals surface area contributed by atoms with Crippen LogP contribution >= 0.6 is 0 Å². The highest BCUT2D eigenvalue weighted by molar-refractivity contribution is 7.89. The molecule has 0 unspecified atom stereocenters. The minimum Gasteiger partial charge on any atom is -0.480 e. The molecule has 31 heavy (non-hydrogen) atoms. The largest absolute Gasteiger partial charge is 0.480 e. The summed E-state index contributed by atoms with van der Waals surface area (Å²) in [4.78, 5) is 22.7. The summed E-state index contributed by atoms with van der Waals surface area (Å²) < 4.78 is 27.5. The zero-order valence-electron chi connectivity index (χ0n) is 16.8. The molecule has 1 aliphatic rings. The summed E-state index contributed by atoms with van der Waals surface area (Å²) in [7, 11) is -3.16. The molecule has 0 bridgehead atoms. The molecule has 1 saturated heterocycles. The van der Waals surface area contributed by atoms with Crippen LogP contribution in [0.3, 0.4) is 0 Å². The Kier molecular flexibility index (Phi) is 5.79. The minimum atomic E-state index is -3.16. The van der Waals surface area contributed by atoms with Gasteiger partial charge in [-0.1, -0.05) is 30.3 Å². The predicted molar refractivity (Wildman–Crippen MR) is 117 cm³/mol. The fraction of sp³-hybridized carbons (Fsp3) is 0.273. The molecule has 0 atom stereocenters. The summed E-state index contributed by atoms with van der Waals surface area (Å²) in [5.74, 6) is -1.26. The van der Waals surface area contributed by atoms with Crippen LogP contribution in [0.4, 0.5) is 0 Å². The zero-order valence-corrected chi connectivity index (χ0v) is 17.6. The SMILES string of the molecule is O=C(O)CNC(=O)Cn1ccc2ccc(-c3cccc(CN4CCCS4(=O)=O)c3)cc21. The van der Waals surface area contributed by atoms with E-state index in [0.29, 0.717) is 19.5 Å². The molecular formula is C22H23N3O5S. The Morgan fingerprint density at radius 2 is 1.87 bits per heavy atom. The van der Waals surface area contributed by atoms with Crippen molar-refractivity contribution in [3.05, 3.63) is 60.3 Å². The number of aromatic nitrogens is 1. The quantitative estimate of drug-likeness (QED) is 0.583. The standard InChI is InChI=1S/C22H23N3O5S/c26-21(23-13-22(27)28)15-24-9-7-17-5-6-19(12-20(17)24)18-4-1-3-16(11-18)14-25-8-2-10-31(25,29)30/h1,3-7,9,11-12H,2,8,10,13-15H2,(H,23,26)(H,27,28). The van der Waals surface area contributed by atoms with Crippen LogP contribution in [0.2, 0.25) is 0 Å². The fourth-order valence-corrected chi connectivity index (χ4v) is 5.31. The van der Waals surface area contributed by atoms with Gasteiger partial charge in [-0.15, -0.1) is 0 Å². The van der Waals surface area contributed by atoms with Crippen LogP contribution in [0.1, 0.15) is 12.0 Å². The van der Waals surface area contributed by atoms with Gasteiger partial charge in [0.2, 0.25) is 15.9 Å². The van der Waals surface area contributed by atoms with Gasteiger partial charge < -0.3 is 15.0 Å². The highest BCUT2D eigenvalue weighted by Gasteiger charge is 2.28. The monoisotopic (exact) mass is 441 g/mol. The first-order valence-corrected chi connectivity index (χ1v) is 11.6. The lowest BCUT2D eigenvalue weighted by atomic mass is 10.0. The second kappa shape index (κ2) is 8.52. The fourth-order valence-electron chi connectivity index (χ4n) is 3.81. The highest BCUT2D eigenvalue weighted by Crippen LogP contribution is 2.27. The number of nitrogens with zero attached hydrogens (tertiary/aromatic N) is 2. The number of carbonyl (C=O) groups is 2. The Hall–Kier alpha value is -3.17. The van der Waals surface area contributed by atoms with Crippen molar-refractivity contribution >= 4 is 32.8 Å². The maximum atomic E-state index is 12.1. The van der Waals surface area contributed by atoms with E-state index >= 15 is 0 Å². The molecule has 0 saturated carbocycles. The maximum absolute atomic E-state index is 12.1. The molecule has 2 heterocycles. The molecule has 4 rings (SSSR count). The molecule has 3 aromatic rings. The first-order valence-electron chi connectivity index (χ1n) is 9.96. The number of carbonyl (C=O) groups excluding carboxylic acids is 1. The topological polar surface area (TPSA) is 109 Å². The highest BCUT2D eigenvalue weighted by atomic mass is 32.2. The molecule has 0 aliphatic carbocycles. The van der Waals surface area contributed by atoms with Crippen molar-refractivity contribution in [3.63, 3.8) is 0 Å². The van der Waals surface area contributed by atoms with Gasteiger partial charge >= 0.3 is 5.97 Å². The van der Waals surface area contributed by atoms with E-state index < -0.39 is 22.5 Å². The first-order chi connectivity index (χ1) is 14.8. The van der Waals surface area contributed by atoms with Crippen LogP contribution in [0, 0.1) is 0 Å². The molecule has 8 nitrogen and oxygen atoms in total. The number of benzene rings is 2. The van der Waals surface area contributed by atoms with Crippen LogP contribution in [0.5, 0.6) is 0 Å². The van der Waals surface area contributed by atoms with E-state index in [1.54, 1.807) is 10.8 Å². The molecule has 0 radical (unpaired) electrons. The average Bonchev–Trinajstić information content (AvgIpc) is 3.29. The van der Waals surface area contributed by atoms with E-state index in [1.807, 2.05) is 48.5 Å². The second-order valence-corrected chi connectivity index (χ2v) is 9.68. The van der Waals surface area contributed by atoms with E-state index in [2.05, 4.69) is 5.32 Å². The number of carboxylic acids is 1.